The van der Waals surface area contributed by atoms with Crippen molar-refractivity contribution < 1.29 is 18.0 Å². The fraction of sp³-hybridized carbons (Fsp3) is 0.278. The van der Waals surface area contributed by atoms with Crippen LogP contribution in [0.3, 0.4) is 0 Å². The molecule has 0 aromatic rings. The third-order valence-corrected chi connectivity index (χ3v) is 2.73. The second-order valence-corrected chi connectivity index (χ2v) is 4.59. The van der Waals surface area contributed by atoms with Gasteiger partial charge in [0.15, 0.2) is 0 Å². The molecule has 0 unspecified atom stereocenters. The molecular weight excluding hydrogens is 303 g/mol. The summed E-state index contributed by atoms with van der Waals surface area (Å²) in [5.41, 5.74) is 2.27. The largest absolute Gasteiger partial charge is 0.392 e. The minimum Gasteiger partial charge on any atom is -0.335 e. The summed E-state index contributed by atoms with van der Waals surface area (Å²) in [5.74, 6) is 0. The van der Waals surface area contributed by atoms with Crippen molar-refractivity contribution in [2.75, 3.05) is 0 Å². The number of hydrogen-bond acceptors (Lipinski definition) is 1. The van der Waals surface area contributed by atoms with E-state index in [1.165, 1.54) is 12.3 Å². The first-order chi connectivity index (χ1) is 10.8. The molecule has 0 aliphatic heterocycles. The van der Waals surface area contributed by atoms with Crippen LogP contribution in [0.25, 0.3) is 0 Å². The van der Waals surface area contributed by atoms with E-state index in [0.717, 1.165) is 11.6 Å². The van der Waals surface area contributed by atoms with Crippen LogP contribution in [0.1, 0.15) is 26.7 Å². The molecule has 0 aromatic carbocycles. The quantitative estimate of drug-likeness (QED) is 0.461. The summed E-state index contributed by atoms with van der Waals surface area (Å²) >= 11 is 0. The Morgan fingerprint density at radius 2 is 1.91 bits per heavy atom. The number of allylic oxidation sites excluding steroid dienone is 10. The molecule has 5 heteroatoms. The Kier molecular flexibility index (Phi) is 10.2. The first kappa shape index (κ1) is 20.7. The number of carbonyl (C=O) groups is 1. The van der Waals surface area contributed by atoms with Crippen LogP contribution in [-0.2, 0) is 4.79 Å². The molecule has 0 atom stereocenters. The highest BCUT2D eigenvalue weighted by molar-refractivity contribution is 5.52. The minimum absolute atomic E-state index is 0.549. The summed E-state index contributed by atoms with van der Waals surface area (Å²) in [7, 11) is 0. The lowest BCUT2D eigenvalue weighted by molar-refractivity contribution is -0.125. The summed E-state index contributed by atoms with van der Waals surface area (Å²) in [6, 6.07) is 0. The fourth-order valence-electron chi connectivity index (χ4n) is 1.55. The van der Waals surface area contributed by atoms with Gasteiger partial charge in [-0.25, -0.2) is 0 Å². The predicted octanol–water partition coefficient (Wildman–Crippen LogP) is 5.15. The molecule has 0 fully saturated rings. The van der Waals surface area contributed by atoms with Gasteiger partial charge in [-0.3, -0.25) is 4.79 Å². The highest BCUT2D eigenvalue weighted by Gasteiger charge is 2.24. The summed E-state index contributed by atoms with van der Waals surface area (Å²) in [6.07, 6.45) is 8.84. The van der Waals surface area contributed by atoms with E-state index < -0.39 is 12.6 Å². The molecule has 126 valence electrons. The van der Waals surface area contributed by atoms with Gasteiger partial charge in [0.1, 0.15) is 0 Å². The Hall–Kier alpha value is -2.30. The molecule has 0 aromatic heterocycles. The summed E-state index contributed by atoms with van der Waals surface area (Å²) < 4.78 is 36.2. The third kappa shape index (κ3) is 11.0. The van der Waals surface area contributed by atoms with Gasteiger partial charge in [-0.05, 0) is 30.1 Å². The zero-order valence-corrected chi connectivity index (χ0v) is 13.4. The Labute approximate surface area is 135 Å². The van der Waals surface area contributed by atoms with E-state index in [9.17, 15) is 18.0 Å². The van der Waals surface area contributed by atoms with Gasteiger partial charge >= 0.3 is 6.18 Å². The Balaban J connectivity index is 5.06. The van der Waals surface area contributed by atoms with E-state index in [4.69, 9.17) is 0 Å². The molecule has 0 aliphatic carbocycles. The van der Waals surface area contributed by atoms with Crippen LogP contribution in [0.15, 0.2) is 72.0 Å². The van der Waals surface area contributed by atoms with Crippen molar-refractivity contribution in [2.45, 2.75) is 32.9 Å². The van der Waals surface area contributed by atoms with Crippen molar-refractivity contribution in [3.8, 4) is 0 Å². The maximum atomic E-state index is 12.1. The van der Waals surface area contributed by atoms with Gasteiger partial charge in [-0.15, -0.1) is 0 Å². The molecule has 0 spiro atoms. The topological polar surface area (TPSA) is 29.1 Å². The second kappa shape index (κ2) is 11.3. The van der Waals surface area contributed by atoms with Crippen LogP contribution in [-0.4, -0.2) is 12.6 Å². The molecule has 1 amide bonds. The second-order valence-electron chi connectivity index (χ2n) is 4.59. The van der Waals surface area contributed by atoms with E-state index in [-0.39, 0.29) is 0 Å². The van der Waals surface area contributed by atoms with Crippen LogP contribution in [0.4, 0.5) is 13.2 Å². The smallest absolute Gasteiger partial charge is 0.335 e. The highest BCUT2D eigenvalue weighted by Crippen LogP contribution is 2.20. The monoisotopic (exact) mass is 325 g/mol. The molecule has 0 saturated heterocycles. The molecule has 0 saturated carbocycles. The fourth-order valence-corrected chi connectivity index (χ4v) is 1.55. The standard InChI is InChI=1S/C18H22F3NO/c1-4-8-15(3)17(13-22-14-23)11-10-16(5-2)9-6-7-12-18(19,20)21/h4,6-11,13-14H,3,5,12H2,1-2H3,(H,22,23)/b7-6-,8-4+,11-10-,16-9+,17-13+. The van der Waals surface area contributed by atoms with Crippen LogP contribution in [0, 0.1) is 0 Å². The zero-order valence-electron chi connectivity index (χ0n) is 13.4. The van der Waals surface area contributed by atoms with Gasteiger partial charge < -0.3 is 5.32 Å². The Morgan fingerprint density at radius 3 is 2.43 bits per heavy atom. The normalized spacial score (nSPS) is 14.1. The van der Waals surface area contributed by atoms with Gasteiger partial charge in [0.25, 0.3) is 0 Å². The zero-order chi connectivity index (χ0) is 17.7. The predicted molar refractivity (Wildman–Crippen MR) is 88.6 cm³/mol. The maximum Gasteiger partial charge on any atom is 0.392 e. The van der Waals surface area contributed by atoms with Crippen LogP contribution >= 0.6 is 0 Å². The van der Waals surface area contributed by atoms with Crippen molar-refractivity contribution >= 4 is 6.41 Å². The number of amides is 1. The molecule has 1 N–H and O–H groups in total. The van der Waals surface area contributed by atoms with Gasteiger partial charge in [0.2, 0.25) is 6.41 Å². The lowest BCUT2D eigenvalue weighted by atomic mass is 10.1. The molecule has 2 nitrogen and oxygen atoms in total. The van der Waals surface area contributed by atoms with E-state index in [2.05, 4.69) is 11.9 Å². The van der Waals surface area contributed by atoms with Crippen LogP contribution in [0.5, 0.6) is 0 Å². The van der Waals surface area contributed by atoms with Gasteiger partial charge in [0, 0.05) is 6.20 Å². The maximum absolute atomic E-state index is 12.1. The van der Waals surface area contributed by atoms with Gasteiger partial charge in [-0.1, -0.05) is 56.0 Å². The number of rotatable bonds is 9. The molecular formula is C18H22F3NO. The van der Waals surface area contributed by atoms with E-state index >= 15 is 0 Å². The number of hydrogen-bond donors (Lipinski definition) is 1. The molecule has 0 aliphatic rings. The number of halogens is 3. The van der Waals surface area contributed by atoms with Crippen molar-refractivity contribution in [2.24, 2.45) is 0 Å². The molecule has 0 radical (unpaired) electrons. The average molecular weight is 325 g/mol. The Bertz CT molecular complexity index is 535. The van der Waals surface area contributed by atoms with Crippen molar-refractivity contribution in [1.82, 2.24) is 5.32 Å². The minimum atomic E-state index is -4.19. The SMILES string of the molecule is C=C(/C=C/C)C(/C=C\C(=C\C=C/CC(F)(F)F)CC)=C/NC=O. The first-order valence-electron chi connectivity index (χ1n) is 7.16. The lowest BCUT2D eigenvalue weighted by Crippen LogP contribution is -2.03. The number of alkyl halides is 3. The summed E-state index contributed by atoms with van der Waals surface area (Å²) in [5, 5.41) is 2.45. The number of nitrogens with one attached hydrogen (secondary N) is 1. The van der Waals surface area contributed by atoms with Crippen molar-refractivity contribution in [3.05, 3.63) is 72.0 Å². The first-order valence-corrected chi connectivity index (χ1v) is 7.16. The molecule has 23 heavy (non-hydrogen) atoms. The van der Waals surface area contributed by atoms with Crippen LogP contribution < -0.4 is 5.32 Å². The van der Waals surface area contributed by atoms with Crippen molar-refractivity contribution in [1.29, 1.82) is 0 Å². The van der Waals surface area contributed by atoms with Crippen LogP contribution in [0.2, 0.25) is 0 Å². The average Bonchev–Trinajstić information content (AvgIpc) is 2.48. The molecule has 0 rings (SSSR count). The Morgan fingerprint density at radius 1 is 1.22 bits per heavy atom. The number of carbonyl (C=O) groups excluding carboxylic acids is 1. The highest BCUT2D eigenvalue weighted by atomic mass is 19.4. The van der Waals surface area contributed by atoms with Gasteiger partial charge in [0.05, 0.1) is 6.42 Å². The van der Waals surface area contributed by atoms with E-state index in [0.29, 0.717) is 24.0 Å². The summed E-state index contributed by atoms with van der Waals surface area (Å²) in [4.78, 5) is 10.4. The molecule has 0 bridgehead atoms. The molecule has 0 heterocycles. The van der Waals surface area contributed by atoms with Crippen molar-refractivity contribution in [3.63, 3.8) is 0 Å². The van der Waals surface area contributed by atoms with E-state index in [1.54, 1.807) is 24.3 Å². The summed E-state index contributed by atoms with van der Waals surface area (Å²) in [6.45, 7) is 7.64. The van der Waals surface area contributed by atoms with Gasteiger partial charge in [-0.2, -0.15) is 13.2 Å². The van der Waals surface area contributed by atoms with E-state index in [1.807, 2.05) is 19.9 Å². The third-order valence-electron chi connectivity index (χ3n) is 2.73. The lowest BCUT2D eigenvalue weighted by Gasteiger charge is -2.03.